The number of rotatable bonds is 4. The molecular weight excluding hydrogens is 332 g/mol. The minimum Gasteiger partial charge on any atom is -0.454 e. The molecule has 0 unspecified atom stereocenters. The highest BCUT2D eigenvalue weighted by Crippen LogP contribution is 2.32. The van der Waals surface area contributed by atoms with Crippen molar-refractivity contribution in [3.05, 3.63) is 29.6 Å². The molecule has 2 aromatic rings. The van der Waals surface area contributed by atoms with Crippen molar-refractivity contribution in [2.75, 3.05) is 33.0 Å². The normalized spacial score (nSPS) is 22.6. The molecule has 1 aromatic carbocycles. The SMILES string of the molecule is CC(C)(C)n1nnnc1C[NH+]1CC[NH+](Cc2ccc3c(c2)OCO3)CC1. The number of quaternary nitrogens is 2. The Morgan fingerprint density at radius 3 is 2.42 bits per heavy atom. The third-order valence-electron chi connectivity index (χ3n) is 5.13. The van der Waals surface area contributed by atoms with Gasteiger partial charge in [0.2, 0.25) is 12.6 Å². The summed E-state index contributed by atoms with van der Waals surface area (Å²) in [6.07, 6.45) is 0. The monoisotopic (exact) mass is 360 g/mol. The average molecular weight is 360 g/mol. The fraction of sp³-hybridized carbons (Fsp3) is 0.611. The van der Waals surface area contributed by atoms with Gasteiger partial charge in [0.25, 0.3) is 0 Å². The van der Waals surface area contributed by atoms with Crippen molar-refractivity contribution >= 4 is 0 Å². The number of aromatic nitrogens is 4. The maximum Gasteiger partial charge on any atom is 0.231 e. The van der Waals surface area contributed by atoms with E-state index in [2.05, 4.69) is 48.4 Å². The average Bonchev–Trinajstić information content (AvgIpc) is 3.25. The second kappa shape index (κ2) is 6.85. The third kappa shape index (κ3) is 3.66. The molecule has 8 nitrogen and oxygen atoms in total. The molecule has 0 atom stereocenters. The van der Waals surface area contributed by atoms with Gasteiger partial charge in [-0.15, -0.1) is 5.10 Å². The van der Waals surface area contributed by atoms with E-state index in [9.17, 15) is 0 Å². The van der Waals surface area contributed by atoms with Crippen LogP contribution in [0.5, 0.6) is 11.5 Å². The summed E-state index contributed by atoms with van der Waals surface area (Å²) in [4.78, 5) is 3.17. The van der Waals surface area contributed by atoms with E-state index in [0.29, 0.717) is 6.79 Å². The number of benzene rings is 1. The van der Waals surface area contributed by atoms with Gasteiger partial charge in [-0.05, 0) is 49.4 Å². The Morgan fingerprint density at radius 2 is 1.69 bits per heavy atom. The lowest BCUT2D eigenvalue weighted by Gasteiger charge is -2.30. The Labute approximate surface area is 153 Å². The van der Waals surface area contributed by atoms with Gasteiger partial charge in [-0.3, -0.25) is 0 Å². The van der Waals surface area contributed by atoms with Gasteiger partial charge in [0.05, 0.1) is 5.54 Å². The highest BCUT2D eigenvalue weighted by atomic mass is 16.7. The molecule has 1 aromatic heterocycles. The minimum absolute atomic E-state index is 0.0787. The smallest absolute Gasteiger partial charge is 0.231 e. The van der Waals surface area contributed by atoms with E-state index in [1.165, 1.54) is 5.56 Å². The molecular formula is C18H28N6O2+2. The Bertz CT molecular complexity index is 761. The van der Waals surface area contributed by atoms with Crippen molar-refractivity contribution in [2.24, 2.45) is 0 Å². The molecule has 1 saturated heterocycles. The Morgan fingerprint density at radius 1 is 1.00 bits per heavy atom. The standard InChI is InChI=1S/C18H26N6O2/c1-18(2,3)24-17(19-20-21-24)12-23-8-6-22(7-9-23)11-14-4-5-15-16(10-14)26-13-25-15/h4-5,10H,6-9,11-13H2,1-3H3/p+2. The van der Waals surface area contributed by atoms with E-state index < -0.39 is 0 Å². The molecule has 3 heterocycles. The first-order valence-corrected chi connectivity index (χ1v) is 9.32. The van der Waals surface area contributed by atoms with E-state index in [0.717, 1.165) is 56.6 Å². The fourth-order valence-electron chi connectivity index (χ4n) is 3.71. The number of hydrogen-bond donors (Lipinski definition) is 2. The number of hydrogen-bond acceptors (Lipinski definition) is 5. The quantitative estimate of drug-likeness (QED) is 0.705. The van der Waals surface area contributed by atoms with Crippen molar-refractivity contribution in [1.82, 2.24) is 20.2 Å². The zero-order valence-corrected chi connectivity index (χ0v) is 15.8. The second-order valence-corrected chi connectivity index (χ2v) is 8.22. The molecule has 0 spiro atoms. The van der Waals surface area contributed by atoms with Crippen LogP contribution < -0.4 is 19.3 Å². The van der Waals surface area contributed by atoms with Gasteiger partial charge in [-0.25, -0.2) is 4.68 Å². The highest BCUT2D eigenvalue weighted by Gasteiger charge is 2.27. The number of piperazine rings is 1. The van der Waals surface area contributed by atoms with E-state index >= 15 is 0 Å². The molecule has 2 N–H and O–H groups in total. The summed E-state index contributed by atoms with van der Waals surface area (Å²) in [6.45, 7) is 13.2. The summed E-state index contributed by atoms with van der Waals surface area (Å²) in [5.41, 5.74) is 1.23. The van der Waals surface area contributed by atoms with Crippen LogP contribution in [0.1, 0.15) is 32.2 Å². The summed E-state index contributed by atoms with van der Waals surface area (Å²) in [7, 11) is 0. The molecule has 8 heteroatoms. The number of fused-ring (bicyclic) bond motifs is 1. The first-order chi connectivity index (χ1) is 12.5. The molecule has 0 saturated carbocycles. The summed E-state index contributed by atoms with van der Waals surface area (Å²) < 4.78 is 12.8. The van der Waals surface area contributed by atoms with Gasteiger partial charge in [0, 0.05) is 5.56 Å². The first-order valence-electron chi connectivity index (χ1n) is 9.32. The number of nitrogens with one attached hydrogen (secondary N) is 2. The van der Waals surface area contributed by atoms with Crippen LogP contribution in [-0.2, 0) is 18.6 Å². The highest BCUT2D eigenvalue weighted by molar-refractivity contribution is 5.44. The molecule has 1 fully saturated rings. The van der Waals surface area contributed by atoms with Crippen molar-refractivity contribution in [1.29, 1.82) is 0 Å². The lowest BCUT2D eigenvalue weighted by Crippen LogP contribution is -3.27. The Kier molecular flexibility index (Phi) is 4.54. The van der Waals surface area contributed by atoms with E-state index in [1.807, 2.05) is 10.7 Å². The van der Waals surface area contributed by atoms with Crippen LogP contribution in [0.25, 0.3) is 0 Å². The van der Waals surface area contributed by atoms with Crippen LogP contribution in [0.15, 0.2) is 18.2 Å². The molecule has 4 rings (SSSR count). The van der Waals surface area contributed by atoms with E-state index in [4.69, 9.17) is 9.47 Å². The Hall–Kier alpha value is -2.19. The summed E-state index contributed by atoms with van der Waals surface area (Å²) >= 11 is 0. The lowest BCUT2D eigenvalue weighted by molar-refractivity contribution is -1.02. The van der Waals surface area contributed by atoms with Crippen LogP contribution in [0.4, 0.5) is 0 Å². The first kappa shape index (κ1) is 17.2. The van der Waals surface area contributed by atoms with Crippen molar-refractivity contribution in [3.8, 4) is 11.5 Å². The van der Waals surface area contributed by atoms with Crippen molar-refractivity contribution < 1.29 is 19.3 Å². The zero-order valence-electron chi connectivity index (χ0n) is 15.8. The zero-order chi connectivity index (χ0) is 18.1. The minimum atomic E-state index is -0.0787. The van der Waals surface area contributed by atoms with Gasteiger partial charge in [0.15, 0.2) is 11.5 Å². The van der Waals surface area contributed by atoms with Crippen LogP contribution in [0, 0.1) is 0 Å². The van der Waals surface area contributed by atoms with Crippen molar-refractivity contribution in [3.63, 3.8) is 0 Å². The third-order valence-corrected chi connectivity index (χ3v) is 5.13. The van der Waals surface area contributed by atoms with Gasteiger partial charge in [-0.1, -0.05) is 0 Å². The Balaban J connectivity index is 1.31. The van der Waals surface area contributed by atoms with E-state index in [1.54, 1.807) is 9.80 Å². The molecule has 0 radical (unpaired) electrons. The predicted octanol–water partition coefficient (Wildman–Crippen LogP) is -1.36. The van der Waals surface area contributed by atoms with Crippen LogP contribution in [0.3, 0.4) is 0 Å². The van der Waals surface area contributed by atoms with Crippen molar-refractivity contribution in [2.45, 2.75) is 39.4 Å². The summed E-state index contributed by atoms with van der Waals surface area (Å²) in [5, 5.41) is 12.3. The molecule has 0 amide bonds. The molecule has 2 aliphatic rings. The molecule has 0 aliphatic carbocycles. The second-order valence-electron chi connectivity index (χ2n) is 8.22. The number of nitrogens with zero attached hydrogens (tertiary/aromatic N) is 4. The maximum atomic E-state index is 5.49. The maximum absolute atomic E-state index is 5.49. The molecule has 0 bridgehead atoms. The van der Waals surface area contributed by atoms with Crippen LogP contribution in [-0.4, -0.2) is 53.2 Å². The van der Waals surface area contributed by atoms with Crippen LogP contribution >= 0.6 is 0 Å². The fourth-order valence-corrected chi connectivity index (χ4v) is 3.71. The molecule has 140 valence electrons. The lowest BCUT2D eigenvalue weighted by atomic mass is 10.1. The largest absolute Gasteiger partial charge is 0.454 e. The number of ether oxygens (including phenoxy) is 2. The van der Waals surface area contributed by atoms with E-state index in [-0.39, 0.29) is 5.54 Å². The predicted molar refractivity (Wildman–Crippen MR) is 94.2 cm³/mol. The number of tetrazole rings is 1. The van der Waals surface area contributed by atoms with Crippen LogP contribution in [0.2, 0.25) is 0 Å². The summed E-state index contributed by atoms with van der Waals surface area (Å²) in [6, 6.07) is 6.29. The van der Waals surface area contributed by atoms with Gasteiger partial charge in [0.1, 0.15) is 39.3 Å². The summed E-state index contributed by atoms with van der Waals surface area (Å²) in [5.74, 6) is 2.71. The molecule has 26 heavy (non-hydrogen) atoms. The van der Waals surface area contributed by atoms with Gasteiger partial charge in [-0.2, -0.15) is 0 Å². The topological polar surface area (TPSA) is 70.9 Å². The molecule has 2 aliphatic heterocycles. The van der Waals surface area contributed by atoms with Gasteiger partial charge < -0.3 is 19.3 Å². The van der Waals surface area contributed by atoms with Gasteiger partial charge >= 0.3 is 0 Å².